The van der Waals surface area contributed by atoms with E-state index >= 15 is 0 Å². The van der Waals surface area contributed by atoms with Gasteiger partial charge in [-0.3, -0.25) is 9.78 Å². The lowest BCUT2D eigenvalue weighted by molar-refractivity contribution is 0.102. The van der Waals surface area contributed by atoms with Crippen LogP contribution in [0.25, 0.3) is 0 Å². The molecule has 1 amide bonds. The molecule has 21 heavy (non-hydrogen) atoms. The zero-order chi connectivity index (χ0) is 15.2. The Balaban J connectivity index is 2.26. The van der Waals surface area contributed by atoms with Crippen LogP contribution in [-0.4, -0.2) is 17.4 Å². The molecule has 0 saturated heterocycles. The van der Waals surface area contributed by atoms with Gasteiger partial charge in [-0.05, 0) is 43.2 Å². The molecule has 110 valence electrons. The Bertz CT molecular complexity index is 643. The molecule has 0 aliphatic carbocycles. The van der Waals surface area contributed by atoms with Gasteiger partial charge in [-0.1, -0.05) is 22.9 Å². The van der Waals surface area contributed by atoms with E-state index in [2.05, 4.69) is 38.5 Å². The van der Waals surface area contributed by atoms with Crippen LogP contribution >= 0.6 is 15.9 Å². The van der Waals surface area contributed by atoms with Crippen LogP contribution in [0, 0.1) is 0 Å². The first-order chi connectivity index (χ1) is 10.2. The van der Waals surface area contributed by atoms with Crippen molar-refractivity contribution in [1.29, 1.82) is 0 Å². The number of rotatable bonds is 5. The molecule has 1 aromatic carbocycles. The minimum atomic E-state index is -0.156. The largest absolute Gasteiger partial charge is 0.385 e. The Labute approximate surface area is 133 Å². The molecule has 0 unspecified atom stereocenters. The third kappa shape index (κ3) is 3.82. The fourth-order valence-corrected chi connectivity index (χ4v) is 2.49. The van der Waals surface area contributed by atoms with E-state index in [-0.39, 0.29) is 5.91 Å². The van der Waals surface area contributed by atoms with Gasteiger partial charge in [0.25, 0.3) is 5.91 Å². The van der Waals surface area contributed by atoms with Crippen molar-refractivity contribution >= 4 is 33.2 Å². The van der Waals surface area contributed by atoms with Crippen LogP contribution in [0.3, 0.4) is 0 Å². The van der Waals surface area contributed by atoms with Crippen molar-refractivity contribution in [3.8, 4) is 0 Å². The van der Waals surface area contributed by atoms with Crippen molar-refractivity contribution in [3.05, 3.63) is 52.3 Å². The summed E-state index contributed by atoms with van der Waals surface area (Å²) in [6.45, 7) is 4.81. The number of pyridine rings is 1. The van der Waals surface area contributed by atoms with Crippen molar-refractivity contribution in [3.63, 3.8) is 0 Å². The average Bonchev–Trinajstić information content (AvgIpc) is 2.49. The second-order valence-corrected chi connectivity index (χ2v) is 5.48. The average molecular weight is 348 g/mol. The van der Waals surface area contributed by atoms with Gasteiger partial charge >= 0.3 is 0 Å². The number of anilines is 2. The van der Waals surface area contributed by atoms with Gasteiger partial charge in [0.05, 0.1) is 11.3 Å². The van der Waals surface area contributed by atoms with Crippen LogP contribution in [0.4, 0.5) is 11.4 Å². The zero-order valence-corrected chi connectivity index (χ0v) is 13.7. The number of nitrogens with zero attached hydrogens (tertiary/aromatic N) is 1. The van der Waals surface area contributed by atoms with Crippen molar-refractivity contribution < 1.29 is 4.79 Å². The number of benzene rings is 1. The molecule has 0 spiro atoms. The van der Waals surface area contributed by atoms with Gasteiger partial charge in [0, 0.05) is 29.1 Å². The molecule has 0 saturated carbocycles. The molecule has 2 N–H and O–H groups in total. The van der Waals surface area contributed by atoms with Gasteiger partial charge in [-0.15, -0.1) is 0 Å². The second kappa shape index (κ2) is 7.22. The quantitative estimate of drug-likeness (QED) is 0.856. The number of aromatic nitrogens is 1. The summed E-state index contributed by atoms with van der Waals surface area (Å²) in [5.74, 6) is -0.156. The van der Waals surface area contributed by atoms with Crippen LogP contribution in [0.5, 0.6) is 0 Å². The predicted molar refractivity (Wildman–Crippen MR) is 89.9 cm³/mol. The van der Waals surface area contributed by atoms with Crippen LogP contribution < -0.4 is 10.6 Å². The lowest BCUT2D eigenvalue weighted by Gasteiger charge is -2.13. The first kappa shape index (κ1) is 15.5. The zero-order valence-electron chi connectivity index (χ0n) is 12.1. The Morgan fingerprint density at radius 2 is 2.05 bits per heavy atom. The maximum absolute atomic E-state index is 12.5. The minimum absolute atomic E-state index is 0.156. The summed E-state index contributed by atoms with van der Waals surface area (Å²) in [7, 11) is 0. The maximum Gasteiger partial charge on any atom is 0.259 e. The molecule has 0 bridgehead atoms. The summed E-state index contributed by atoms with van der Waals surface area (Å²) >= 11 is 3.45. The molecule has 4 nitrogen and oxygen atoms in total. The number of carbonyl (C=O) groups excluding carboxylic acids is 1. The van der Waals surface area contributed by atoms with Gasteiger partial charge in [0.15, 0.2) is 0 Å². The minimum Gasteiger partial charge on any atom is -0.385 e. The van der Waals surface area contributed by atoms with Crippen molar-refractivity contribution in [2.45, 2.75) is 20.3 Å². The van der Waals surface area contributed by atoms with Crippen molar-refractivity contribution in [2.75, 3.05) is 17.2 Å². The molecule has 0 fully saturated rings. The molecule has 2 aromatic rings. The van der Waals surface area contributed by atoms with E-state index in [0.29, 0.717) is 5.56 Å². The summed E-state index contributed by atoms with van der Waals surface area (Å²) in [5, 5.41) is 6.14. The highest BCUT2D eigenvalue weighted by atomic mass is 79.9. The lowest BCUT2D eigenvalue weighted by Crippen LogP contribution is -2.16. The molecule has 0 aliphatic rings. The monoisotopic (exact) mass is 347 g/mol. The first-order valence-corrected chi connectivity index (χ1v) is 7.72. The molecule has 1 aromatic heterocycles. The van der Waals surface area contributed by atoms with Gasteiger partial charge in [0.2, 0.25) is 0 Å². The Morgan fingerprint density at radius 1 is 1.24 bits per heavy atom. The number of nitrogens with one attached hydrogen (secondary N) is 2. The molecule has 2 rings (SSSR count). The van der Waals surface area contributed by atoms with Crippen LogP contribution in [0.15, 0.2) is 41.1 Å². The van der Waals surface area contributed by atoms with Crippen molar-refractivity contribution in [2.24, 2.45) is 0 Å². The second-order valence-electron chi connectivity index (χ2n) is 4.56. The fourth-order valence-electron chi connectivity index (χ4n) is 2.09. The molecular formula is C16H18BrN3O. The summed E-state index contributed by atoms with van der Waals surface area (Å²) in [6.07, 6.45) is 4.10. The highest BCUT2D eigenvalue weighted by molar-refractivity contribution is 9.10. The maximum atomic E-state index is 12.5. The molecule has 0 radical (unpaired) electrons. The highest BCUT2D eigenvalue weighted by Gasteiger charge is 2.13. The SMILES string of the molecule is CCNc1ccncc1C(=O)Nc1ccc(Br)cc1CC. The molecule has 5 heteroatoms. The number of halogens is 1. The first-order valence-electron chi connectivity index (χ1n) is 6.93. The third-order valence-corrected chi connectivity index (χ3v) is 3.62. The van der Waals surface area contributed by atoms with E-state index in [1.807, 2.05) is 25.1 Å². The predicted octanol–water partition coefficient (Wildman–Crippen LogP) is 4.09. The van der Waals surface area contributed by atoms with E-state index < -0.39 is 0 Å². The van der Waals surface area contributed by atoms with E-state index in [4.69, 9.17) is 0 Å². The number of carbonyl (C=O) groups is 1. The third-order valence-electron chi connectivity index (χ3n) is 3.13. The standard InChI is InChI=1S/C16H18BrN3O/c1-3-11-9-12(17)5-6-14(11)20-16(21)13-10-18-8-7-15(13)19-4-2/h5-10H,3-4H2,1-2H3,(H,18,19)(H,20,21). The van der Waals surface area contributed by atoms with E-state index in [1.165, 1.54) is 0 Å². The summed E-state index contributed by atoms with van der Waals surface area (Å²) in [5.41, 5.74) is 3.26. The van der Waals surface area contributed by atoms with E-state index in [1.54, 1.807) is 18.5 Å². The number of hydrogen-bond donors (Lipinski definition) is 2. The molecule has 1 heterocycles. The lowest BCUT2D eigenvalue weighted by atomic mass is 10.1. The Kier molecular flexibility index (Phi) is 5.33. The number of hydrogen-bond acceptors (Lipinski definition) is 3. The number of amides is 1. The normalized spacial score (nSPS) is 10.2. The molecule has 0 atom stereocenters. The van der Waals surface area contributed by atoms with Crippen molar-refractivity contribution in [1.82, 2.24) is 4.98 Å². The van der Waals surface area contributed by atoms with Gasteiger partial charge in [0.1, 0.15) is 0 Å². The van der Waals surface area contributed by atoms with Crippen LogP contribution in [-0.2, 0) is 6.42 Å². The Morgan fingerprint density at radius 3 is 2.76 bits per heavy atom. The fraction of sp³-hybridized carbons (Fsp3) is 0.250. The van der Waals surface area contributed by atoms with Gasteiger partial charge in [-0.25, -0.2) is 0 Å². The van der Waals surface area contributed by atoms with Gasteiger partial charge < -0.3 is 10.6 Å². The van der Waals surface area contributed by atoms with Gasteiger partial charge in [-0.2, -0.15) is 0 Å². The molecule has 0 aliphatic heterocycles. The van der Waals surface area contributed by atoms with E-state index in [0.717, 1.165) is 34.4 Å². The van der Waals surface area contributed by atoms with E-state index in [9.17, 15) is 4.79 Å². The summed E-state index contributed by atoms with van der Waals surface area (Å²) < 4.78 is 1.01. The topological polar surface area (TPSA) is 54.0 Å². The van der Waals surface area contributed by atoms with Crippen LogP contribution in [0.1, 0.15) is 29.8 Å². The number of aryl methyl sites for hydroxylation is 1. The highest BCUT2D eigenvalue weighted by Crippen LogP contribution is 2.23. The smallest absolute Gasteiger partial charge is 0.259 e. The Hall–Kier alpha value is -1.88. The summed E-state index contributed by atoms with van der Waals surface area (Å²) in [4.78, 5) is 16.5. The van der Waals surface area contributed by atoms with Crippen LogP contribution in [0.2, 0.25) is 0 Å². The summed E-state index contributed by atoms with van der Waals surface area (Å²) in [6, 6.07) is 7.65. The molecular weight excluding hydrogens is 330 g/mol.